The Kier molecular flexibility index (Phi) is 4.13. The molecule has 1 saturated carbocycles. The molecule has 0 bridgehead atoms. The molecule has 1 aliphatic rings. The highest BCUT2D eigenvalue weighted by Crippen LogP contribution is 2.31. The van der Waals surface area contributed by atoms with E-state index in [0.717, 1.165) is 24.0 Å². The molecule has 1 amide bonds. The van der Waals surface area contributed by atoms with Crippen LogP contribution in [0.3, 0.4) is 0 Å². The number of rotatable bonds is 4. The van der Waals surface area contributed by atoms with E-state index in [9.17, 15) is 4.79 Å². The zero-order chi connectivity index (χ0) is 14.8. The van der Waals surface area contributed by atoms with Gasteiger partial charge in [0, 0.05) is 18.2 Å². The molecule has 0 saturated heterocycles. The number of carbonyl (C=O) groups excluding carboxylic acids is 1. The van der Waals surface area contributed by atoms with Crippen molar-refractivity contribution in [3.8, 4) is 6.07 Å². The Balaban J connectivity index is 2.30. The summed E-state index contributed by atoms with van der Waals surface area (Å²) in [6, 6.07) is 10.3. The van der Waals surface area contributed by atoms with E-state index >= 15 is 0 Å². The van der Waals surface area contributed by atoms with Gasteiger partial charge in [-0.15, -0.1) is 0 Å². The van der Waals surface area contributed by atoms with Crippen LogP contribution >= 0.6 is 0 Å². The number of nitriles is 1. The van der Waals surface area contributed by atoms with Gasteiger partial charge in [-0.25, -0.2) is 0 Å². The second kappa shape index (κ2) is 5.66. The normalized spacial score (nSPS) is 14.7. The maximum absolute atomic E-state index is 12.8. The average Bonchev–Trinajstić information content (AvgIpc) is 3.22. The van der Waals surface area contributed by atoms with E-state index in [1.807, 2.05) is 29.2 Å². The fourth-order valence-electron chi connectivity index (χ4n) is 2.48. The maximum Gasteiger partial charge on any atom is 0.254 e. The predicted molar refractivity (Wildman–Crippen MR) is 79.4 cm³/mol. The van der Waals surface area contributed by atoms with Crippen LogP contribution in [0.15, 0.2) is 24.3 Å². The first-order valence-corrected chi connectivity index (χ1v) is 7.22. The zero-order valence-corrected chi connectivity index (χ0v) is 12.5. The molecule has 0 unspecified atom stereocenters. The molecule has 0 spiro atoms. The van der Waals surface area contributed by atoms with Crippen molar-refractivity contribution >= 4 is 5.91 Å². The highest BCUT2D eigenvalue weighted by molar-refractivity contribution is 5.96. The van der Waals surface area contributed by atoms with E-state index in [0.29, 0.717) is 19.0 Å². The summed E-state index contributed by atoms with van der Waals surface area (Å²) < 4.78 is 0. The van der Waals surface area contributed by atoms with Gasteiger partial charge in [0.1, 0.15) is 0 Å². The van der Waals surface area contributed by atoms with Crippen LogP contribution in [0.4, 0.5) is 0 Å². The SMILES string of the molecule is CC(C)(C)c1ccccc1C(=O)N(CCC#N)C1CC1. The van der Waals surface area contributed by atoms with Gasteiger partial charge >= 0.3 is 0 Å². The molecule has 3 nitrogen and oxygen atoms in total. The molecular weight excluding hydrogens is 248 g/mol. The fourth-order valence-corrected chi connectivity index (χ4v) is 2.48. The monoisotopic (exact) mass is 270 g/mol. The number of amides is 1. The van der Waals surface area contributed by atoms with E-state index in [-0.39, 0.29) is 11.3 Å². The third-order valence-corrected chi connectivity index (χ3v) is 3.68. The van der Waals surface area contributed by atoms with Gasteiger partial charge in [-0.05, 0) is 29.9 Å². The van der Waals surface area contributed by atoms with Crippen molar-refractivity contribution < 1.29 is 4.79 Å². The van der Waals surface area contributed by atoms with Crippen LogP contribution < -0.4 is 0 Å². The Labute approximate surface area is 121 Å². The standard InChI is InChI=1S/C17H22N2O/c1-17(2,3)15-8-5-4-7-14(15)16(20)19(12-6-11-18)13-9-10-13/h4-5,7-8,13H,6,9-10,12H2,1-3H3. The molecule has 0 radical (unpaired) electrons. The van der Waals surface area contributed by atoms with Gasteiger partial charge in [-0.1, -0.05) is 39.0 Å². The van der Waals surface area contributed by atoms with E-state index in [1.165, 1.54) is 0 Å². The number of nitrogens with zero attached hydrogens (tertiary/aromatic N) is 2. The number of benzene rings is 1. The van der Waals surface area contributed by atoms with Crippen molar-refractivity contribution in [2.75, 3.05) is 6.54 Å². The molecule has 0 aromatic heterocycles. The maximum atomic E-state index is 12.8. The predicted octanol–water partition coefficient (Wildman–Crippen LogP) is 3.50. The molecule has 3 heteroatoms. The first kappa shape index (κ1) is 14.6. The lowest BCUT2D eigenvalue weighted by Gasteiger charge is -2.27. The first-order chi connectivity index (χ1) is 9.45. The topological polar surface area (TPSA) is 44.1 Å². The summed E-state index contributed by atoms with van der Waals surface area (Å²) in [6.45, 7) is 6.90. The summed E-state index contributed by atoms with van der Waals surface area (Å²) in [6.07, 6.45) is 2.53. The van der Waals surface area contributed by atoms with Crippen LogP contribution in [0.25, 0.3) is 0 Å². The van der Waals surface area contributed by atoms with Crippen molar-refractivity contribution in [1.82, 2.24) is 4.90 Å². The van der Waals surface area contributed by atoms with Crippen molar-refractivity contribution in [1.29, 1.82) is 5.26 Å². The third kappa shape index (κ3) is 3.19. The lowest BCUT2D eigenvalue weighted by molar-refractivity contribution is 0.0744. The Morgan fingerprint density at radius 3 is 2.55 bits per heavy atom. The van der Waals surface area contributed by atoms with Crippen LogP contribution in [-0.4, -0.2) is 23.4 Å². The van der Waals surface area contributed by atoms with Crippen LogP contribution in [0.2, 0.25) is 0 Å². The van der Waals surface area contributed by atoms with E-state index in [4.69, 9.17) is 5.26 Å². The van der Waals surface area contributed by atoms with Crippen LogP contribution in [0.1, 0.15) is 56.0 Å². The van der Waals surface area contributed by atoms with Gasteiger partial charge in [0.15, 0.2) is 0 Å². The van der Waals surface area contributed by atoms with E-state index < -0.39 is 0 Å². The Morgan fingerprint density at radius 1 is 1.35 bits per heavy atom. The van der Waals surface area contributed by atoms with Gasteiger partial charge in [-0.2, -0.15) is 5.26 Å². The molecule has 0 aliphatic heterocycles. The summed E-state index contributed by atoms with van der Waals surface area (Å²) in [5.74, 6) is 0.0771. The zero-order valence-electron chi connectivity index (χ0n) is 12.5. The molecule has 1 aromatic carbocycles. The molecule has 0 atom stereocenters. The minimum atomic E-state index is -0.0588. The summed E-state index contributed by atoms with van der Waals surface area (Å²) in [7, 11) is 0. The highest BCUT2D eigenvalue weighted by Gasteiger charge is 2.34. The smallest absolute Gasteiger partial charge is 0.254 e. The van der Waals surface area contributed by atoms with Crippen molar-refractivity contribution in [3.05, 3.63) is 35.4 Å². The van der Waals surface area contributed by atoms with Crippen LogP contribution in [0, 0.1) is 11.3 Å². The molecule has 0 heterocycles. The molecule has 20 heavy (non-hydrogen) atoms. The fraction of sp³-hybridized carbons (Fsp3) is 0.529. The van der Waals surface area contributed by atoms with Crippen LogP contribution in [-0.2, 0) is 5.41 Å². The quantitative estimate of drug-likeness (QED) is 0.840. The first-order valence-electron chi connectivity index (χ1n) is 7.22. The average molecular weight is 270 g/mol. The molecule has 1 aliphatic carbocycles. The number of carbonyl (C=O) groups is 1. The minimum Gasteiger partial charge on any atom is -0.335 e. The van der Waals surface area contributed by atoms with Gasteiger partial charge < -0.3 is 4.90 Å². The van der Waals surface area contributed by atoms with Crippen molar-refractivity contribution in [2.45, 2.75) is 51.5 Å². The van der Waals surface area contributed by atoms with Crippen molar-refractivity contribution in [2.24, 2.45) is 0 Å². The minimum absolute atomic E-state index is 0.0588. The van der Waals surface area contributed by atoms with E-state index in [2.05, 4.69) is 26.8 Å². The van der Waals surface area contributed by atoms with Gasteiger partial charge in [0.25, 0.3) is 5.91 Å². The summed E-state index contributed by atoms with van der Waals surface area (Å²) in [5, 5.41) is 8.77. The molecule has 1 aromatic rings. The van der Waals surface area contributed by atoms with Crippen molar-refractivity contribution in [3.63, 3.8) is 0 Å². The van der Waals surface area contributed by atoms with Crippen LogP contribution in [0.5, 0.6) is 0 Å². The molecular formula is C17H22N2O. The second-order valence-electron chi connectivity index (χ2n) is 6.43. The molecule has 0 N–H and O–H groups in total. The summed E-state index contributed by atoms with van der Waals surface area (Å²) >= 11 is 0. The third-order valence-electron chi connectivity index (χ3n) is 3.68. The molecule has 106 valence electrons. The lowest BCUT2D eigenvalue weighted by Crippen LogP contribution is -2.35. The Bertz CT molecular complexity index is 533. The second-order valence-corrected chi connectivity index (χ2v) is 6.43. The number of hydrogen-bond donors (Lipinski definition) is 0. The summed E-state index contributed by atoms with van der Waals surface area (Å²) in [4.78, 5) is 14.7. The largest absolute Gasteiger partial charge is 0.335 e. The Hall–Kier alpha value is -1.82. The lowest BCUT2D eigenvalue weighted by atomic mass is 9.83. The van der Waals surface area contributed by atoms with Gasteiger partial charge in [0.2, 0.25) is 0 Å². The van der Waals surface area contributed by atoms with Gasteiger partial charge in [0.05, 0.1) is 12.5 Å². The highest BCUT2D eigenvalue weighted by atomic mass is 16.2. The number of hydrogen-bond acceptors (Lipinski definition) is 2. The summed E-state index contributed by atoms with van der Waals surface area (Å²) in [5.41, 5.74) is 1.80. The molecule has 1 fully saturated rings. The Morgan fingerprint density at radius 2 is 2.00 bits per heavy atom. The van der Waals surface area contributed by atoms with E-state index in [1.54, 1.807) is 0 Å². The van der Waals surface area contributed by atoms with Gasteiger partial charge in [-0.3, -0.25) is 4.79 Å². The molecule has 2 rings (SSSR count).